The Morgan fingerprint density at radius 3 is 1.52 bits per heavy atom. The lowest BCUT2D eigenvalue weighted by atomic mass is 10.0. The molecule has 0 saturated heterocycles. The van der Waals surface area contributed by atoms with E-state index in [0.717, 1.165) is 56.0 Å². The maximum Gasteiger partial charge on any atom is 0.0991 e. The second kappa shape index (κ2) is 10.3. The third-order valence-corrected chi connectivity index (χ3v) is 8.87. The summed E-state index contributed by atoms with van der Waals surface area (Å²) >= 11 is 0. The molecule has 5 aromatic carbocycles. The summed E-state index contributed by atoms with van der Waals surface area (Å²) < 4.78 is 4.56. The van der Waals surface area contributed by atoms with Crippen LogP contribution in [0.25, 0.3) is 77.5 Å². The molecule has 0 amide bonds. The van der Waals surface area contributed by atoms with E-state index in [1.165, 1.54) is 21.5 Å². The van der Waals surface area contributed by atoms with Crippen molar-refractivity contribution in [2.24, 2.45) is 0 Å². The smallest absolute Gasteiger partial charge is 0.0991 e. The van der Waals surface area contributed by atoms with Gasteiger partial charge in [-0.05, 0) is 60.7 Å². The minimum Gasteiger partial charge on any atom is -0.309 e. The number of hydrogen-bond donors (Lipinski definition) is 0. The fourth-order valence-electron chi connectivity index (χ4n) is 6.89. The van der Waals surface area contributed by atoms with Crippen molar-refractivity contribution < 1.29 is 0 Å². The van der Waals surface area contributed by atoms with E-state index in [2.05, 4.69) is 117 Å². The fraction of sp³-hybridized carbons (Fsp3) is 0. The summed E-state index contributed by atoms with van der Waals surface area (Å²) in [4.78, 5) is 9.85. The van der Waals surface area contributed by atoms with Gasteiger partial charge in [-0.2, -0.15) is 5.26 Å². The van der Waals surface area contributed by atoms with Gasteiger partial charge >= 0.3 is 0 Å². The van der Waals surface area contributed by atoms with E-state index in [-0.39, 0.29) is 0 Å². The van der Waals surface area contributed by atoms with E-state index in [0.29, 0.717) is 5.56 Å². The normalized spacial score (nSPS) is 11.5. The molecule has 0 radical (unpaired) electrons. The first kappa shape index (κ1) is 25.9. The fourth-order valence-corrected chi connectivity index (χ4v) is 6.89. The van der Waals surface area contributed by atoms with Crippen molar-refractivity contribution in [2.75, 3.05) is 0 Å². The van der Waals surface area contributed by atoms with Gasteiger partial charge in [0.2, 0.25) is 0 Å². The van der Waals surface area contributed by atoms with Crippen LogP contribution in [0.15, 0.2) is 152 Å². The first-order valence-electron chi connectivity index (χ1n) is 15.2. The monoisotopic (exact) mass is 587 g/mol. The molecule has 0 unspecified atom stereocenters. The van der Waals surface area contributed by atoms with Gasteiger partial charge in [-0.25, -0.2) is 4.98 Å². The summed E-state index contributed by atoms with van der Waals surface area (Å²) in [5, 5.41) is 14.7. The Balaban J connectivity index is 1.28. The predicted octanol–water partition coefficient (Wildman–Crippen LogP) is 9.88. The number of pyridine rings is 2. The van der Waals surface area contributed by atoms with Crippen LogP contribution in [0.2, 0.25) is 0 Å². The van der Waals surface area contributed by atoms with Gasteiger partial charge in [0.25, 0.3) is 0 Å². The lowest BCUT2D eigenvalue weighted by Gasteiger charge is -2.16. The lowest BCUT2D eigenvalue weighted by molar-refractivity contribution is 1.13. The molecule has 9 rings (SSSR count). The average molecular weight is 588 g/mol. The number of nitriles is 1. The van der Waals surface area contributed by atoms with Crippen LogP contribution in [0.1, 0.15) is 5.56 Å². The first-order valence-corrected chi connectivity index (χ1v) is 15.2. The zero-order valence-corrected chi connectivity index (χ0v) is 24.7. The zero-order chi connectivity index (χ0) is 30.6. The van der Waals surface area contributed by atoms with E-state index in [4.69, 9.17) is 4.98 Å². The van der Waals surface area contributed by atoms with E-state index in [1.54, 1.807) is 0 Å². The third-order valence-electron chi connectivity index (χ3n) is 8.87. The van der Waals surface area contributed by atoms with Gasteiger partial charge in [0.05, 0.1) is 62.7 Å². The molecule has 4 aromatic heterocycles. The summed E-state index contributed by atoms with van der Waals surface area (Å²) in [6.45, 7) is 0. The van der Waals surface area contributed by atoms with Crippen molar-refractivity contribution in [3.8, 4) is 40.0 Å². The molecule has 9 aromatic rings. The SMILES string of the molecule is N#Cc1ccc(-n2c3ccccc3c3ccccc32)c(-c2cccc(-c3ccncc3-n3c4ccccc4c4ccccc43)n2)c1. The molecule has 0 N–H and O–H groups in total. The second-order valence-corrected chi connectivity index (χ2v) is 11.4. The van der Waals surface area contributed by atoms with Gasteiger partial charge in [-0.1, -0.05) is 78.9 Å². The number of benzene rings is 5. The molecule has 0 saturated carbocycles. The van der Waals surface area contributed by atoms with Crippen LogP contribution in [0.3, 0.4) is 0 Å². The molecule has 0 aliphatic rings. The van der Waals surface area contributed by atoms with Gasteiger partial charge in [-0.15, -0.1) is 0 Å². The topological polar surface area (TPSA) is 59.4 Å². The van der Waals surface area contributed by atoms with Crippen LogP contribution in [0, 0.1) is 11.3 Å². The molecule has 214 valence electrons. The van der Waals surface area contributed by atoms with Crippen molar-refractivity contribution >= 4 is 43.6 Å². The molecule has 5 heteroatoms. The summed E-state index contributed by atoms with van der Waals surface area (Å²) in [5.41, 5.74) is 10.4. The van der Waals surface area contributed by atoms with Crippen LogP contribution in [0.4, 0.5) is 0 Å². The van der Waals surface area contributed by atoms with Crippen LogP contribution in [-0.2, 0) is 0 Å². The Kier molecular flexibility index (Phi) is 5.81. The van der Waals surface area contributed by atoms with Crippen LogP contribution >= 0.6 is 0 Å². The van der Waals surface area contributed by atoms with E-state index >= 15 is 0 Å². The second-order valence-electron chi connectivity index (χ2n) is 11.4. The number of fused-ring (bicyclic) bond motifs is 6. The lowest BCUT2D eigenvalue weighted by Crippen LogP contribution is -2.01. The summed E-state index contributed by atoms with van der Waals surface area (Å²) in [5.74, 6) is 0. The molecule has 0 atom stereocenters. The standard InChI is InChI=1S/C41H25N5/c42-25-27-20-21-40(45-36-16-5-1-10-28(36)29-11-2-6-17-37(29)45)33(24-27)35-15-9-14-34(44-35)32-22-23-43-26-41(32)46-38-18-7-3-12-30(38)31-13-4-8-19-39(31)46/h1-24,26H. The van der Waals surface area contributed by atoms with Crippen LogP contribution in [-0.4, -0.2) is 19.1 Å². The van der Waals surface area contributed by atoms with Crippen molar-refractivity contribution in [1.82, 2.24) is 19.1 Å². The van der Waals surface area contributed by atoms with Crippen molar-refractivity contribution in [2.45, 2.75) is 0 Å². The number of aromatic nitrogens is 4. The highest BCUT2D eigenvalue weighted by molar-refractivity contribution is 6.10. The van der Waals surface area contributed by atoms with Crippen molar-refractivity contribution in [1.29, 1.82) is 5.26 Å². The largest absolute Gasteiger partial charge is 0.309 e. The number of nitrogens with zero attached hydrogens (tertiary/aromatic N) is 5. The molecular weight excluding hydrogens is 562 g/mol. The van der Waals surface area contributed by atoms with Crippen LogP contribution < -0.4 is 0 Å². The van der Waals surface area contributed by atoms with Gasteiger partial charge in [0.1, 0.15) is 0 Å². The highest BCUT2D eigenvalue weighted by Crippen LogP contribution is 2.38. The number of rotatable bonds is 4. The molecule has 5 nitrogen and oxygen atoms in total. The Morgan fingerprint density at radius 1 is 0.478 bits per heavy atom. The number of hydrogen-bond acceptors (Lipinski definition) is 3. The first-order chi connectivity index (χ1) is 22.8. The third kappa shape index (κ3) is 3.88. The maximum atomic E-state index is 9.93. The highest BCUT2D eigenvalue weighted by atomic mass is 15.0. The quantitative estimate of drug-likeness (QED) is 0.206. The van der Waals surface area contributed by atoms with Gasteiger partial charge in [-0.3, -0.25) is 4.98 Å². The van der Waals surface area contributed by atoms with Crippen molar-refractivity contribution in [3.05, 3.63) is 157 Å². The van der Waals surface area contributed by atoms with Gasteiger partial charge in [0, 0.05) is 38.9 Å². The van der Waals surface area contributed by atoms with E-state index < -0.39 is 0 Å². The Morgan fingerprint density at radius 2 is 0.978 bits per heavy atom. The van der Waals surface area contributed by atoms with Crippen molar-refractivity contribution in [3.63, 3.8) is 0 Å². The molecule has 0 fully saturated rings. The Hall–Kier alpha value is -6.51. The molecule has 0 aliphatic heterocycles. The minimum atomic E-state index is 0.585. The summed E-state index contributed by atoms with van der Waals surface area (Å²) in [6.07, 6.45) is 3.74. The Labute approximate surface area is 264 Å². The molecule has 0 bridgehead atoms. The molecule has 46 heavy (non-hydrogen) atoms. The average Bonchev–Trinajstić information content (AvgIpc) is 3.64. The summed E-state index contributed by atoms with van der Waals surface area (Å²) in [6, 6.07) is 50.2. The Bertz CT molecular complexity index is 2560. The van der Waals surface area contributed by atoms with E-state index in [1.807, 2.05) is 54.9 Å². The maximum absolute atomic E-state index is 9.93. The molecule has 4 heterocycles. The van der Waals surface area contributed by atoms with E-state index in [9.17, 15) is 5.26 Å². The number of para-hydroxylation sites is 4. The highest BCUT2D eigenvalue weighted by Gasteiger charge is 2.19. The molecular formula is C41H25N5. The van der Waals surface area contributed by atoms with Gasteiger partial charge < -0.3 is 9.13 Å². The predicted molar refractivity (Wildman–Crippen MR) is 186 cm³/mol. The molecule has 0 spiro atoms. The minimum absolute atomic E-state index is 0.585. The van der Waals surface area contributed by atoms with Crippen LogP contribution in [0.5, 0.6) is 0 Å². The summed E-state index contributed by atoms with van der Waals surface area (Å²) in [7, 11) is 0. The zero-order valence-electron chi connectivity index (χ0n) is 24.7. The van der Waals surface area contributed by atoms with Gasteiger partial charge in [0.15, 0.2) is 0 Å². The molecule has 0 aliphatic carbocycles.